The lowest BCUT2D eigenvalue weighted by atomic mass is 10.1. The van der Waals surface area contributed by atoms with E-state index in [1.807, 2.05) is 37.3 Å². The Hall–Kier alpha value is -2.89. The molecular formula is C21H24FNO4. The third-order valence-corrected chi connectivity index (χ3v) is 4.15. The van der Waals surface area contributed by atoms with Crippen LogP contribution < -0.4 is 10.1 Å². The molecule has 0 spiro atoms. The zero-order chi connectivity index (χ0) is 19.8. The van der Waals surface area contributed by atoms with Gasteiger partial charge < -0.3 is 14.8 Å². The van der Waals surface area contributed by atoms with Gasteiger partial charge in [-0.05, 0) is 44.4 Å². The first-order valence-corrected chi connectivity index (χ1v) is 8.79. The number of esters is 1. The predicted octanol–water partition coefficient (Wildman–Crippen LogP) is 3.52. The highest BCUT2D eigenvalue weighted by Crippen LogP contribution is 2.17. The number of aryl methyl sites for hydroxylation is 1. The molecule has 0 fully saturated rings. The van der Waals surface area contributed by atoms with E-state index in [2.05, 4.69) is 5.32 Å². The third-order valence-electron chi connectivity index (χ3n) is 4.15. The highest BCUT2D eigenvalue weighted by molar-refractivity contribution is 5.92. The summed E-state index contributed by atoms with van der Waals surface area (Å²) in [4.78, 5) is 24.3. The maximum absolute atomic E-state index is 13.9. The third kappa shape index (κ3) is 6.09. The quantitative estimate of drug-likeness (QED) is 0.719. The Morgan fingerprint density at radius 3 is 2.44 bits per heavy atom. The molecule has 0 aliphatic rings. The number of benzene rings is 2. The van der Waals surface area contributed by atoms with E-state index in [0.29, 0.717) is 5.75 Å². The van der Waals surface area contributed by atoms with Crippen molar-refractivity contribution < 1.29 is 23.5 Å². The smallest absolute Gasteiger partial charge is 0.341 e. The summed E-state index contributed by atoms with van der Waals surface area (Å²) >= 11 is 0. The molecule has 2 rings (SSSR count). The maximum Gasteiger partial charge on any atom is 0.341 e. The van der Waals surface area contributed by atoms with Crippen LogP contribution in [0.2, 0.25) is 0 Å². The Bertz CT molecular complexity index is 779. The number of amides is 1. The van der Waals surface area contributed by atoms with E-state index >= 15 is 0 Å². The molecular weight excluding hydrogens is 349 g/mol. The first-order chi connectivity index (χ1) is 12.9. The van der Waals surface area contributed by atoms with Crippen LogP contribution in [0.25, 0.3) is 0 Å². The van der Waals surface area contributed by atoms with Gasteiger partial charge in [0.05, 0.1) is 12.7 Å². The Morgan fingerprint density at radius 2 is 1.81 bits per heavy atom. The normalized spacial score (nSPS) is 12.7. The van der Waals surface area contributed by atoms with E-state index in [-0.39, 0.29) is 11.6 Å². The Labute approximate surface area is 158 Å². The van der Waals surface area contributed by atoms with Gasteiger partial charge in [0, 0.05) is 12.1 Å². The molecule has 0 saturated heterocycles. The van der Waals surface area contributed by atoms with Crippen molar-refractivity contribution in [2.75, 3.05) is 7.11 Å². The van der Waals surface area contributed by atoms with Gasteiger partial charge >= 0.3 is 5.97 Å². The number of rotatable bonds is 8. The van der Waals surface area contributed by atoms with Crippen LogP contribution in [-0.2, 0) is 16.0 Å². The lowest BCUT2D eigenvalue weighted by Gasteiger charge is -2.18. The first kappa shape index (κ1) is 20.4. The molecule has 6 heteroatoms. The lowest BCUT2D eigenvalue weighted by Crippen LogP contribution is -2.41. The molecule has 0 aliphatic heterocycles. The molecule has 0 aromatic heterocycles. The minimum atomic E-state index is -1.03. The molecule has 0 radical (unpaired) electrons. The van der Waals surface area contributed by atoms with E-state index < -0.39 is 23.8 Å². The minimum absolute atomic E-state index is 0.0865. The molecule has 144 valence electrons. The largest absolute Gasteiger partial charge is 0.497 e. The summed E-state index contributed by atoms with van der Waals surface area (Å²) in [5.74, 6) is -1.78. The Balaban J connectivity index is 1.84. The standard InChI is InChI=1S/C21H24FNO4/c1-14(9-10-16-7-5-4-6-8-16)23-20(24)15(2)27-21(25)18-12-11-17(26-3)13-19(18)22/h4-8,11-15H,9-10H2,1-3H3,(H,23,24)/t14-,15-/m0/s1. The maximum atomic E-state index is 13.9. The molecule has 2 aromatic rings. The highest BCUT2D eigenvalue weighted by atomic mass is 19.1. The predicted molar refractivity (Wildman–Crippen MR) is 100 cm³/mol. The second-order valence-electron chi connectivity index (χ2n) is 6.33. The Morgan fingerprint density at radius 1 is 1.11 bits per heavy atom. The van der Waals surface area contributed by atoms with Crippen LogP contribution in [0.4, 0.5) is 4.39 Å². The van der Waals surface area contributed by atoms with Gasteiger partial charge in [0.2, 0.25) is 0 Å². The molecule has 27 heavy (non-hydrogen) atoms. The number of nitrogens with one attached hydrogen (secondary N) is 1. The van der Waals surface area contributed by atoms with Crippen molar-refractivity contribution in [3.05, 3.63) is 65.5 Å². The van der Waals surface area contributed by atoms with Crippen LogP contribution in [0, 0.1) is 5.82 Å². The van der Waals surface area contributed by atoms with E-state index in [0.717, 1.165) is 18.9 Å². The summed E-state index contributed by atoms with van der Waals surface area (Å²) in [7, 11) is 1.40. The summed E-state index contributed by atoms with van der Waals surface area (Å²) in [5.41, 5.74) is 0.945. The van der Waals surface area contributed by atoms with E-state index in [1.54, 1.807) is 0 Å². The molecule has 5 nitrogen and oxygen atoms in total. The molecule has 2 atom stereocenters. The number of halogens is 1. The topological polar surface area (TPSA) is 64.6 Å². The first-order valence-electron chi connectivity index (χ1n) is 8.79. The number of carbonyl (C=O) groups is 2. The number of hydrogen-bond acceptors (Lipinski definition) is 4. The van der Waals surface area contributed by atoms with Crippen molar-refractivity contribution in [2.24, 2.45) is 0 Å². The molecule has 1 amide bonds. The fraction of sp³-hybridized carbons (Fsp3) is 0.333. The van der Waals surface area contributed by atoms with Gasteiger partial charge in [0.1, 0.15) is 11.6 Å². The van der Waals surface area contributed by atoms with Crippen LogP contribution in [-0.4, -0.2) is 31.1 Å². The van der Waals surface area contributed by atoms with Gasteiger partial charge in [-0.1, -0.05) is 30.3 Å². The monoisotopic (exact) mass is 373 g/mol. The average Bonchev–Trinajstić information content (AvgIpc) is 2.66. The number of methoxy groups -OCH3 is 1. The van der Waals surface area contributed by atoms with Crippen LogP contribution >= 0.6 is 0 Å². The van der Waals surface area contributed by atoms with Gasteiger partial charge in [-0.3, -0.25) is 4.79 Å². The van der Waals surface area contributed by atoms with E-state index in [9.17, 15) is 14.0 Å². The average molecular weight is 373 g/mol. The van der Waals surface area contributed by atoms with Crippen LogP contribution in [0.1, 0.15) is 36.2 Å². The molecule has 2 aromatic carbocycles. The van der Waals surface area contributed by atoms with E-state index in [1.165, 1.54) is 31.7 Å². The summed E-state index contributed by atoms with van der Waals surface area (Å²) in [6.07, 6.45) is 0.551. The fourth-order valence-electron chi connectivity index (χ4n) is 2.53. The molecule has 0 saturated carbocycles. The molecule has 0 heterocycles. The lowest BCUT2D eigenvalue weighted by molar-refractivity contribution is -0.129. The van der Waals surface area contributed by atoms with Crippen molar-refractivity contribution >= 4 is 11.9 Å². The van der Waals surface area contributed by atoms with Crippen molar-refractivity contribution in [1.29, 1.82) is 0 Å². The van der Waals surface area contributed by atoms with Crippen molar-refractivity contribution in [2.45, 2.75) is 38.8 Å². The molecule has 0 aliphatic carbocycles. The van der Waals surface area contributed by atoms with E-state index in [4.69, 9.17) is 9.47 Å². The summed E-state index contributed by atoms with van der Waals surface area (Å²) in [5, 5.41) is 2.81. The van der Waals surface area contributed by atoms with Gasteiger partial charge in [-0.25, -0.2) is 9.18 Å². The van der Waals surface area contributed by atoms with Crippen LogP contribution in [0.3, 0.4) is 0 Å². The van der Waals surface area contributed by atoms with Gasteiger partial charge in [0.25, 0.3) is 5.91 Å². The van der Waals surface area contributed by atoms with Crippen molar-refractivity contribution in [3.63, 3.8) is 0 Å². The SMILES string of the molecule is COc1ccc(C(=O)O[C@@H](C)C(=O)N[C@@H](C)CCc2ccccc2)c(F)c1. The second-order valence-corrected chi connectivity index (χ2v) is 6.33. The van der Waals surface area contributed by atoms with Gasteiger partial charge in [0.15, 0.2) is 6.10 Å². The number of hydrogen-bond donors (Lipinski definition) is 1. The number of carbonyl (C=O) groups excluding carboxylic acids is 2. The van der Waals surface area contributed by atoms with Gasteiger partial charge in [-0.15, -0.1) is 0 Å². The zero-order valence-corrected chi connectivity index (χ0v) is 15.7. The minimum Gasteiger partial charge on any atom is -0.497 e. The van der Waals surface area contributed by atoms with Crippen molar-refractivity contribution in [1.82, 2.24) is 5.32 Å². The zero-order valence-electron chi connectivity index (χ0n) is 15.7. The fourth-order valence-corrected chi connectivity index (χ4v) is 2.53. The summed E-state index contributed by atoms with van der Waals surface area (Å²) in [6.45, 7) is 3.34. The molecule has 0 unspecified atom stereocenters. The molecule has 1 N–H and O–H groups in total. The van der Waals surface area contributed by atoms with Crippen LogP contribution in [0.15, 0.2) is 48.5 Å². The highest BCUT2D eigenvalue weighted by Gasteiger charge is 2.22. The Kier molecular flexibility index (Phi) is 7.34. The van der Waals surface area contributed by atoms with Crippen molar-refractivity contribution in [3.8, 4) is 5.75 Å². The molecule has 0 bridgehead atoms. The summed E-state index contributed by atoms with van der Waals surface area (Å²) < 4.78 is 23.9. The second kappa shape index (κ2) is 9.71. The van der Waals surface area contributed by atoms with Gasteiger partial charge in [-0.2, -0.15) is 0 Å². The number of ether oxygens (including phenoxy) is 2. The summed E-state index contributed by atoms with van der Waals surface area (Å²) in [6, 6.07) is 13.7. The van der Waals surface area contributed by atoms with Crippen LogP contribution in [0.5, 0.6) is 5.75 Å².